The third-order valence-electron chi connectivity index (χ3n) is 11.1. The molecule has 3 N–H and O–H groups in total. The lowest BCUT2D eigenvalue weighted by atomic mass is 9.96. The monoisotopic (exact) mass is 864 g/mol. The first-order valence-corrected chi connectivity index (χ1v) is 20.8. The van der Waals surface area contributed by atoms with Crippen LogP contribution in [0.3, 0.4) is 0 Å². The summed E-state index contributed by atoms with van der Waals surface area (Å²) in [5.74, 6) is -1.40. The van der Waals surface area contributed by atoms with Gasteiger partial charge in [0.25, 0.3) is 5.91 Å². The van der Waals surface area contributed by atoms with Gasteiger partial charge in [-0.15, -0.1) is 0 Å². The largest absolute Gasteiger partial charge is 0.416 e. The lowest BCUT2D eigenvalue weighted by Crippen LogP contribution is -2.58. The number of likely N-dealkylation sites (N-methyl/N-ethyl adjacent to an activating group) is 1. The number of imide groups is 1. The van der Waals surface area contributed by atoms with Crippen molar-refractivity contribution < 1.29 is 36.0 Å². The molecule has 1 unspecified atom stereocenters. The number of likely N-dealkylation sites (tertiary alicyclic amines) is 1. The van der Waals surface area contributed by atoms with Gasteiger partial charge in [0.1, 0.15) is 6.04 Å². The average Bonchev–Trinajstić information content (AvgIpc) is 3.40. The van der Waals surface area contributed by atoms with E-state index in [2.05, 4.69) is 32.2 Å². The maximum absolute atomic E-state index is 13.5. The van der Waals surface area contributed by atoms with E-state index in [4.69, 9.17) is 23.2 Å². The summed E-state index contributed by atoms with van der Waals surface area (Å²) in [6.45, 7) is 3.48. The van der Waals surface area contributed by atoms with Gasteiger partial charge in [0.05, 0.1) is 38.6 Å². The number of fused-ring (bicyclic) bond motifs is 1. The van der Waals surface area contributed by atoms with Gasteiger partial charge < -0.3 is 10.2 Å². The van der Waals surface area contributed by atoms with Crippen LogP contribution in [0, 0.1) is 5.92 Å². The van der Waals surface area contributed by atoms with E-state index in [0.29, 0.717) is 31.0 Å². The van der Waals surface area contributed by atoms with Crippen LogP contribution in [0.4, 0.5) is 24.5 Å². The van der Waals surface area contributed by atoms with Crippen molar-refractivity contribution in [2.24, 2.45) is 13.0 Å². The molecule has 0 radical (unpaired) electrons. The van der Waals surface area contributed by atoms with Crippen LogP contribution in [-0.2, 0) is 39.6 Å². The number of nitrogens with one attached hydrogen (secondary N) is 3. The summed E-state index contributed by atoms with van der Waals surface area (Å²) in [4.78, 5) is 55.5. The summed E-state index contributed by atoms with van der Waals surface area (Å²) in [5.41, 5.74) is 0.756. The Morgan fingerprint density at radius 2 is 1.69 bits per heavy atom. The number of piperidine rings is 2. The van der Waals surface area contributed by atoms with Gasteiger partial charge in [-0.1, -0.05) is 35.3 Å². The number of para-hydroxylation sites is 1. The summed E-state index contributed by atoms with van der Waals surface area (Å²) in [6, 6.07) is 11.7. The van der Waals surface area contributed by atoms with E-state index in [1.54, 1.807) is 11.6 Å². The minimum atomic E-state index is -4.63. The van der Waals surface area contributed by atoms with Crippen LogP contribution in [0.2, 0.25) is 10.0 Å². The van der Waals surface area contributed by atoms with E-state index in [0.717, 1.165) is 42.8 Å². The number of rotatable bonds is 11. The average molecular weight is 866 g/mol. The molecule has 3 aliphatic rings. The molecule has 14 nitrogen and oxygen atoms in total. The normalized spacial score (nSPS) is 19.1. The molecule has 4 aromatic rings. The van der Waals surface area contributed by atoms with Crippen molar-refractivity contribution in [3.63, 3.8) is 0 Å². The van der Waals surface area contributed by atoms with Crippen LogP contribution in [0.1, 0.15) is 53.2 Å². The summed E-state index contributed by atoms with van der Waals surface area (Å²) in [7, 11) is -0.358. The van der Waals surface area contributed by atoms with Crippen molar-refractivity contribution in [1.82, 2.24) is 28.6 Å². The minimum Gasteiger partial charge on any atom is -0.321 e. The van der Waals surface area contributed by atoms with Crippen LogP contribution in [0.15, 0.2) is 59.4 Å². The number of hydrogen-bond acceptors (Lipinski definition) is 8. The van der Waals surface area contributed by atoms with Gasteiger partial charge in [-0.25, -0.2) is 4.79 Å². The molecular formula is C38H41Cl2F3N8O6S. The highest BCUT2D eigenvalue weighted by atomic mass is 35.5. The summed E-state index contributed by atoms with van der Waals surface area (Å²) >= 11 is 12.2. The number of nitrogens with zero attached hydrogens (tertiary/aromatic N) is 5. The van der Waals surface area contributed by atoms with Crippen LogP contribution in [-0.4, -0.2) is 95.2 Å². The maximum atomic E-state index is 13.5. The SMILES string of the molecule is CN(CC1CCN(S(=O)(=O)Nc2ccc(Cl)cc2C(=O)Nc2ccc(C(F)(F)F)cc2Cl)CC1)C1CN(Cc2cccc3c2n(C)c(=O)n3C2CCC(=O)NC2=O)C1. The highest BCUT2D eigenvalue weighted by molar-refractivity contribution is 7.90. The summed E-state index contributed by atoms with van der Waals surface area (Å²) < 4.78 is 73.2. The Balaban J connectivity index is 0.917. The first-order valence-electron chi connectivity index (χ1n) is 18.6. The molecule has 58 heavy (non-hydrogen) atoms. The molecule has 4 heterocycles. The third-order valence-corrected chi connectivity index (χ3v) is 13.2. The summed E-state index contributed by atoms with van der Waals surface area (Å²) in [5, 5.41) is 4.56. The number of benzene rings is 3. The fourth-order valence-corrected chi connectivity index (χ4v) is 9.61. The van der Waals surface area contributed by atoms with Gasteiger partial charge in [0.15, 0.2) is 0 Å². The van der Waals surface area contributed by atoms with E-state index in [1.807, 2.05) is 18.2 Å². The highest BCUT2D eigenvalue weighted by Gasteiger charge is 2.36. The Morgan fingerprint density at radius 3 is 2.36 bits per heavy atom. The van der Waals surface area contributed by atoms with Gasteiger partial charge in [-0.3, -0.25) is 38.5 Å². The quantitative estimate of drug-likeness (QED) is 0.176. The second-order valence-corrected chi connectivity index (χ2v) is 17.6. The number of anilines is 2. The Hall–Kier alpha value is -4.46. The Kier molecular flexibility index (Phi) is 11.7. The zero-order valence-corrected chi connectivity index (χ0v) is 33.8. The van der Waals surface area contributed by atoms with Gasteiger partial charge in [0.2, 0.25) is 11.8 Å². The Bertz CT molecular complexity index is 2450. The molecule has 3 fully saturated rings. The molecule has 310 valence electrons. The van der Waals surface area contributed by atoms with Gasteiger partial charge >= 0.3 is 22.1 Å². The second-order valence-electron chi connectivity index (χ2n) is 15.0. The molecule has 3 saturated heterocycles. The lowest BCUT2D eigenvalue weighted by Gasteiger charge is -2.45. The van der Waals surface area contributed by atoms with Crippen molar-refractivity contribution in [3.05, 3.63) is 91.8 Å². The molecule has 3 aromatic carbocycles. The van der Waals surface area contributed by atoms with Crippen molar-refractivity contribution in [3.8, 4) is 0 Å². The number of aryl methyl sites for hydroxylation is 1. The van der Waals surface area contributed by atoms with E-state index >= 15 is 0 Å². The molecule has 3 amide bonds. The number of carbonyl (C=O) groups excluding carboxylic acids is 3. The lowest BCUT2D eigenvalue weighted by molar-refractivity contribution is -0.138. The van der Waals surface area contributed by atoms with Gasteiger partial charge in [-0.05, 0) is 80.3 Å². The zero-order chi connectivity index (χ0) is 41.7. The molecule has 7 rings (SSSR count). The zero-order valence-electron chi connectivity index (χ0n) is 31.5. The molecule has 0 aliphatic carbocycles. The Morgan fingerprint density at radius 1 is 0.983 bits per heavy atom. The molecule has 1 aromatic heterocycles. The van der Waals surface area contributed by atoms with Crippen LogP contribution in [0.25, 0.3) is 11.0 Å². The number of carbonyl (C=O) groups is 3. The number of aromatic nitrogens is 2. The fraction of sp³-hybridized carbons (Fsp3) is 0.421. The van der Waals surface area contributed by atoms with Crippen LogP contribution < -0.4 is 21.0 Å². The third kappa shape index (κ3) is 8.63. The van der Waals surface area contributed by atoms with Crippen molar-refractivity contribution in [2.45, 2.75) is 50.5 Å². The van der Waals surface area contributed by atoms with E-state index < -0.39 is 39.8 Å². The van der Waals surface area contributed by atoms with E-state index in [1.165, 1.54) is 27.1 Å². The second kappa shape index (κ2) is 16.3. The predicted octanol–water partition coefficient (Wildman–Crippen LogP) is 5.08. The topological polar surface area (TPSA) is 158 Å². The van der Waals surface area contributed by atoms with E-state index in [-0.39, 0.29) is 76.5 Å². The van der Waals surface area contributed by atoms with Crippen LogP contribution in [0.5, 0.6) is 0 Å². The van der Waals surface area contributed by atoms with E-state index in [9.17, 15) is 40.8 Å². The minimum absolute atomic E-state index is 0.0633. The molecular weight excluding hydrogens is 824 g/mol. The first-order chi connectivity index (χ1) is 27.4. The van der Waals surface area contributed by atoms with Gasteiger partial charge in [-0.2, -0.15) is 25.9 Å². The molecule has 0 saturated carbocycles. The molecule has 0 bridgehead atoms. The number of alkyl halides is 3. The number of imidazole rings is 1. The summed E-state index contributed by atoms with van der Waals surface area (Å²) in [6.07, 6.45) is -2.97. The van der Waals surface area contributed by atoms with Crippen LogP contribution >= 0.6 is 23.2 Å². The fourth-order valence-electron chi connectivity index (χ4n) is 7.94. The molecule has 20 heteroatoms. The molecule has 3 aliphatic heterocycles. The number of halogens is 5. The predicted molar refractivity (Wildman–Crippen MR) is 213 cm³/mol. The molecule has 0 spiro atoms. The smallest absolute Gasteiger partial charge is 0.321 e. The number of amides is 3. The highest BCUT2D eigenvalue weighted by Crippen LogP contribution is 2.35. The Labute approximate surface area is 342 Å². The van der Waals surface area contributed by atoms with Gasteiger partial charge in [0, 0.05) is 63.8 Å². The van der Waals surface area contributed by atoms with Crippen molar-refractivity contribution in [1.29, 1.82) is 0 Å². The van der Waals surface area contributed by atoms with Crippen molar-refractivity contribution in [2.75, 3.05) is 49.8 Å². The number of hydrogen-bond donors (Lipinski definition) is 3. The maximum Gasteiger partial charge on any atom is 0.416 e. The standard InChI is InChI=1S/C38H41Cl2F3N8O6S/c1-47(26-20-49(21-26)19-23-4-3-5-31-34(23)48(2)37(55)51(31)32-10-11-33(52)45-36(32)54)18-22-12-14-50(15-13-22)58(56,57)46-29-9-7-25(39)17-27(29)35(53)44-30-8-6-24(16-28(30)40)38(41,42)43/h3-9,16-17,22,26,32,46H,10-15,18-21H2,1-2H3,(H,44,53)(H,45,52,54). The first kappa shape index (κ1) is 41.7. The van der Waals surface area contributed by atoms with Crippen molar-refractivity contribution >= 4 is 73.5 Å². The molecule has 1 atom stereocenters.